The Bertz CT molecular complexity index is 545. The summed E-state index contributed by atoms with van der Waals surface area (Å²) < 4.78 is 10.9. The van der Waals surface area contributed by atoms with Crippen molar-refractivity contribution in [1.82, 2.24) is 9.97 Å². The first-order chi connectivity index (χ1) is 9.69. The molecule has 3 heterocycles. The topological polar surface area (TPSA) is 56.3 Å². The van der Waals surface area contributed by atoms with Crippen LogP contribution in [-0.4, -0.2) is 42.1 Å². The molecule has 108 valence electrons. The molecule has 7 heteroatoms. The van der Waals surface area contributed by atoms with E-state index in [0.717, 1.165) is 54.6 Å². The lowest BCUT2D eigenvalue weighted by Gasteiger charge is -2.53. The highest BCUT2D eigenvalue weighted by Gasteiger charge is 2.50. The standard InChI is InChI=1S/C13H17ClN3O2S/c1-18-20-3-2-9-10(20)11(17-12(14)16-9)15-8-4-13(5-8)6-19-7-13/h8H,2-7H2,1H3,(H,15,16,17)/q+1. The van der Waals surface area contributed by atoms with E-state index < -0.39 is 0 Å². The molecule has 1 aromatic rings. The van der Waals surface area contributed by atoms with Gasteiger partial charge in [-0.15, -0.1) is 0 Å². The molecule has 1 unspecified atom stereocenters. The number of nitrogens with zero attached hydrogens (tertiary/aromatic N) is 2. The predicted octanol–water partition coefficient (Wildman–Crippen LogP) is 1.82. The third-order valence-electron chi connectivity index (χ3n) is 4.38. The minimum Gasteiger partial charge on any atom is -0.380 e. The Kier molecular flexibility index (Phi) is 3.10. The largest absolute Gasteiger partial charge is 0.380 e. The van der Waals surface area contributed by atoms with Gasteiger partial charge in [0.25, 0.3) is 4.90 Å². The zero-order valence-corrected chi connectivity index (χ0v) is 12.9. The molecule has 20 heavy (non-hydrogen) atoms. The van der Waals surface area contributed by atoms with E-state index in [2.05, 4.69) is 15.3 Å². The highest BCUT2D eigenvalue weighted by atomic mass is 35.5. The number of aromatic nitrogens is 2. The quantitative estimate of drug-likeness (QED) is 0.681. The van der Waals surface area contributed by atoms with Gasteiger partial charge >= 0.3 is 0 Å². The molecule has 0 radical (unpaired) electrons. The second-order valence-corrected chi connectivity index (χ2v) is 8.00. The summed E-state index contributed by atoms with van der Waals surface area (Å²) in [6.45, 7) is 1.83. The summed E-state index contributed by atoms with van der Waals surface area (Å²) in [7, 11) is 1.75. The number of anilines is 1. The van der Waals surface area contributed by atoms with Crippen LogP contribution >= 0.6 is 11.6 Å². The van der Waals surface area contributed by atoms with Gasteiger partial charge < -0.3 is 10.1 Å². The molecular formula is C13H17ClN3O2S+. The average molecular weight is 315 g/mol. The van der Waals surface area contributed by atoms with Crippen LogP contribution in [0.5, 0.6) is 0 Å². The van der Waals surface area contributed by atoms with Crippen LogP contribution in [-0.2, 0) is 26.5 Å². The number of nitrogens with one attached hydrogen (secondary N) is 1. The maximum absolute atomic E-state index is 6.04. The van der Waals surface area contributed by atoms with Crippen molar-refractivity contribution in [1.29, 1.82) is 0 Å². The second-order valence-electron chi connectivity index (χ2n) is 5.83. The van der Waals surface area contributed by atoms with Crippen LogP contribution in [0.4, 0.5) is 5.82 Å². The van der Waals surface area contributed by atoms with Gasteiger partial charge in [0.1, 0.15) is 5.69 Å². The maximum Gasteiger partial charge on any atom is 0.253 e. The first-order valence-corrected chi connectivity index (χ1v) is 8.55. The van der Waals surface area contributed by atoms with Gasteiger partial charge in [-0.3, -0.25) is 0 Å². The second kappa shape index (κ2) is 4.73. The van der Waals surface area contributed by atoms with E-state index in [1.165, 1.54) is 0 Å². The lowest BCUT2D eigenvalue weighted by Crippen LogP contribution is -2.56. The third kappa shape index (κ3) is 2.01. The number of halogens is 1. The van der Waals surface area contributed by atoms with Crippen LogP contribution < -0.4 is 5.32 Å². The number of fused-ring (bicyclic) bond motifs is 1. The van der Waals surface area contributed by atoms with Crippen molar-refractivity contribution >= 4 is 28.6 Å². The Hall–Kier alpha value is -0.560. The number of ether oxygens (including phenoxy) is 1. The van der Waals surface area contributed by atoms with E-state index in [1.54, 1.807) is 7.11 Å². The minimum atomic E-state index is -0.201. The van der Waals surface area contributed by atoms with Crippen LogP contribution in [0, 0.1) is 5.41 Å². The minimum absolute atomic E-state index is 0.201. The summed E-state index contributed by atoms with van der Waals surface area (Å²) in [4.78, 5) is 9.86. The van der Waals surface area contributed by atoms with Crippen molar-refractivity contribution in [3.8, 4) is 0 Å². The van der Waals surface area contributed by atoms with Gasteiger partial charge in [-0.05, 0) is 24.4 Å². The molecule has 0 aromatic carbocycles. The van der Waals surface area contributed by atoms with Crippen molar-refractivity contribution in [2.24, 2.45) is 5.41 Å². The van der Waals surface area contributed by atoms with Crippen molar-refractivity contribution in [3.05, 3.63) is 11.0 Å². The number of rotatable bonds is 3. The van der Waals surface area contributed by atoms with E-state index >= 15 is 0 Å². The molecule has 0 bridgehead atoms. The summed E-state index contributed by atoms with van der Waals surface area (Å²) in [6, 6.07) is 0.469. The first kappa shape index (κ1) is 13.1. The molecule has 1 saturated carbocycles. The van der Waals surface area contributed by atoms with E-state index in [4.69, 9.17) is 20.5 Å². The number of hydrogen-bond donors (Lipinski definition) is 1. The van der Waals surface area contributed by atoms with Crippen LogP contribution in [0.2, 0.25) is 5.28 Å². The molecule has 1 spiro atoms. The molecule has 5 nitrogen and oxygen atoms in total. The third-order valence-corrected chi connectivity index (χ3v) is 6.41. The fourth-order valence-electron chi connectivity index (χ4n) is 3.34. The van der Waals surface area contributed by atoms with Gasteiger partial charge in [0.2, 0.25) is 5.28 Å². The van der Waals surface area contributed by atoms with Crippen LogP contribution in [0.1, 0.15) is 18.5 Å². The summed E-state index contributed by atoms with van der Waals surface area (Å²) in [5.41, 5.74) is 1.49. The Balaban J connectivity index is 1.55. The monoisotopic (exact) mass is 314 g/mol. The normalized spacial score (nSPS) is 27.0. The Morgan fingerprint density at radius 1 is 1.40 bits per heavy atom. The van der Waals surface area contributed by atoms with Gasteiger partial charge in [-0.2, -0.15) is 9.17 Å². The van der Waals surface area contributed by atoms with Gasteiger partial charge in [0.05, 0.1) is 20.3 Å². The Morgan fingerprint density at radius 3 is 2.85 bits per heavy atom. The van der Waals surface area contributed by atoms with E-state index in [1.807, 2.05) is 0 Å². The first-order valence-electron chi connectivity index (χ1n) is 6.85. The van der Waals surface area contributed by atoms with Gasteiger partial charge in [0.15, 0.2) is 22.7 Å². The van der Waals surface area contributed by atoms with E-state index in [9.17, 15) is 0 Å². The SMILES string of the molecule is CO[S+]1CCc2nc(Cl)nc(NC3CC4(COC4)C3)c21. The van der Waals surface area contributed by atoms with Gasteiger partial charge in [0, 0.05) is 17.9 Å². The van der Waals surface area contributed by atoms with E-state index in [0.29, 0.717) is 16.7 Å². The summed E-state index contributed by atoms with van der Waals surface area (Å²) in [5.74, 6) is 1.86. The van der Waals surface area contributed by atoms with Crippen LogP contribution in [0.15, 0.2) is 4.90 Å². The fraction of sp³-hybridized carbons (Fsp3) is 0.692. The smallest absolute Gasteiger partial charge is 0.253 e. The Labute approximate surface area is 126 Å². The van der Waals surface area contributed by atoms with Crippen molar-refractivity contribution in [2.75, 3.05) is 31.4 Å². The zero-order chi connectivity index (χ0) is 13.7. The lowest BCUT2D eigenvalue weighted by atomic mass is 9.64. The average Bonchev–Trinajstić information content (AvgIpc) is 2.73. The molecule has 1 aromatic heterocycles. The van der Waals surface area contributed by atoms with Gasteiger partial charge in [-0.1, -0.05) is 0 Å². The van der Waals surface area contributed by atoms with Crippen LogP contribution in [0.25, 0.3) is 0 Å². The van der Waals surface area contributed by atoms with Crippen molar-refractivity contribution in [2.45, 2.75) is 30.2 Å². The molecule has 3 aliphatic rings. The van der Waals surface area contributed by atoms with Crippen molar-refractivity contribution in [3.63, 3.8) is 0 Å². The zero-order valence-electron chi connectivity index (χ0n) is 11.3. The Morgan fingerprint density at radius 2 is 2.20 bits per heavy atom. The fourth-order valence-corrected chi connectivity index (χ4v) is 5.17. The molecule has 0 amide bonds. The van der Waals surface area contributed by atoms with Gasteiger partial charge in [-0.25, -0.2) is 4.98 Å². The summed E-state index contributed by atoms with van der Waals surface area (Å²) in [6.07, 6.45) is 3.24. The predicted molar refractivity (Wildman–Crippen MR) is 78.1 cm³/mol. The number of hydrogen-bond acceptors (Lipinski definition) is 5. The maximum atomic E-state index is 6.04. The molecular weight excluding hydrogens is 298 g/mol. The molecule has 2 fully saturated rings. The number of aryl methyl sites for hydroxylation is 1. The van der Waals surface area contributed by atoms with Crippen LogP contribution in [0.3, 0.4) is 0 Å². The highest BCUT2D eigenvalue weighted by Crippen LogP contribution is 2.48. The summed E-state index contributed by atoms with van der Waals surface area (Å²) in [5, 5.41) is 3.87. The molecule has 4 rings (SSSR count). The molecule has 1 saturated heterocycles. The molecule has 1 atom stereocenters. The molecule has 2 aliphatic heterocycles. The molecule has 1 aliphatic carbocycles. The van der Waals surface area contributed by atoms with Crippen molar-refractivity contribution < 1.29 is 8.92 Å². The van der Waals surface area contributed by atoms with E-state index in [-0.39, 0.29) is 11.2 Å². The highest BCUT2D eigenvalue weighted by molar-refractivity contribution is 7.92. The summed E-state index contributed by atoms with van der Waals surface area (Å²) >= 11 is 5.84. The lowest BCUT2D eigenvalue weighted by molar-refractivity contribution is -0.159. The molecule has 1 N–H and O–H groups in total.